The van der Waals surface area contributed by atoms with Crippen LogP contribution in [0.5, 0.6) is 0 Å². The quantitative estimate of drug-likeness (QED) is 0.509. The van der Waals surface area contributed by atoms with Gasteiger partial charge in [0.25, 0.3) is 0 Å². The van der Waals surface area contributed by atoms with Crippen LogP contribution in [0, 0.1) is 0 Å². The molecule has 0 aliphatic carbocycles. The van der Waals surface area contributed by atoms with Crippen molar-refractivity contribution < 1.29 is 9.53 Å². The molecule has 0 aromatic heterocycles. The lowest BCUT2D eigenvalue weighted by Gasteiger charge is -2.04. The summed E-state index contributed by atoms with van der Waals surface area (Å²) in [6, 6.07) is 5.39. The van der Waals surface area contributed by atoms with Gasteiger partial charge in [0.1, 0.15) is 0 Å². The van der Waals surface area contributed by atoms with E-state index in [0.717, 1.165) is 12.0 Å². The van der Waals surface area contributed by atoms with E-state index in [0.29, 0.717) is 16.6 Å². The fourth-order valence-corrected chi connectivity index (χ4v) is 1.71. The molecule has 1 rings (SSSR count). The van der Waals surface area contributed by atoms with Gasteiger partial charge in [-0.3, -0.25) is 0 Å². The Morgan fingerprint density at radius 3 is 2.88 bits per heavy atom. The molecular weight excluding hydrogens is 261 g/mol. The number of methoxy groups -OCH3 is 1. The van der Waals surface area contributed by atoms with E-state index >= 15 is 0 Å². The summed E-state index contributed by atoms with van der Waals surface area (Å²) in [4.78, 5) is 10.8. The summed E-state index contributed by atoms with van der Waals surface area (Å²) < 4.78 is 4.45. The van der Waals surface area contributed by atoms with Gasteiger partial charge in [0.15, 0.2) is 0 Å². The minimum absolute atomic E-state index is 0.387. The third-order valence-corrected chi connectivity index (χ3v) is 2.68. The van der Waals surface area contributed by atoms with Crippen LogP contribution in [0.2, 0.25) is 10.0 Å². The monoisotopic (exact) mass is 273 g/mol. The average Bonchev–Trinajstić information content (AvgIpc) is 2.30. The maximum atomic E-state index is 10.8. The molecular formula is C12H13Cl2NO2. The second-order valence-corrected chi connectivity index (χ2v) is 4.14. The lowest BCUT2D eigenvalue weighted by atomic mass is 10.1. The minimum Gasteiger partial charge on any atom is -0.466 e. The van der Waals surface area contributed by atoms with Crippen LogP contribution >= 0.6 is 23.2 Å². The summed E-state index contributed by atoms with van der Waals surface area (Å²) in [6.45, 7) is 0.675. The van der Waals surface area contributed by atoms with Gasteiger partial charge in [-0.2, -0.15) is 0 Å². The van der Waals surface area contributed by atoms with Gasteiger partial charge in [0.2, 0.25) is 0 Å². The summed E-state index contributed by atoms with van der Waals surface area (Å²) in [6.07, 6.45) is 3.63. The highest BCUT2D eigenvalue weighted by Crippen LogP contribution is 2.20. The maximum Gasteiger partial charge on any atom is 0.331 e. The molecule has 1 aromatic rings. The Bertz CT molecular complexity index is 419. The number of rotatable bonds is 5. The smallest absolute Gasteiger partial charge is 0.331 e. The number of carbonyl (C=O) groups excluding carboxylic acids is 1. The predicted molar refractivity (Wildman–Crippen MR) is 69.3 cm³/mol. The van der Waals surface area contributed by atoms with Crippen molar-refractivity contribution >= 4 is 29.2 Å². The van der Waals surface area contributed by atoms with E-state index in [1.54, 1.807) is 18.3 Å². The van der Waals surface area contributed by atoms with Crippen molar-refractivity contribution in [3.63, 3.8) is 0 Å². The number of benzene rings is 1. The molecule has 0 fully saturated rings. The van der Waals surface area contributed by atoms with Crippen molar-refractivity contribution in [2.45, 2.75) is 6.42 Å². The van der Waals surface area contributed by atoms with E-state index in [1.807, 2.05) is 6.07 Å². The van der Waals surface area contributed by atoms with Crippen LogP contribution in [0.3, 0.4) is 0 Å². The second kappa shape index (κ2) is 7.20. The first-order chi connectivity index (χ1) is 8.13. The standard InChI is InChI=1S/C12H13Cl2NO2/c1-17-12(16)5-7-15-6-4-9-2-3-10(13)8-11(9)14/h2-3,5,7-8,15H,4,6H2,1H3/b7-5+. The molecule has 0 saturated carbocycles. The van der Waals surface area contributed by atoms with Crippen molar-refractivity contribution in [1.29, 1.82) is 0 Å². The Labute approximate surface area is 110 Å². The van der Waals surface area contributed by atoms with Gasteiger partial charge in [0, 0.05) is 28.9 Å². The molecule has 0 saturated heterocycles. The van der Waals surface area contributed by atoms with Crippen molar-refractivity contribution in [2.24, 2.45) is 0 Å². The third kappa shape index (κ3) is 5.11. The molecule has 17 heavy (non-hydrogen) atoms. The highest BCUT2D eigenvalue weighted by atomic mass is 35.5. The summed E-state index contributed by atoms with van der Waals surface area (Å²) >= 11 is 11.8. The fourth-order valence-electron chi connectivity index (χ4n) is 1.21. The van der Waals surface area contributed by atoms with E-state index in [9.17, 15) is 4.79 Å². The zero-order chi connectivity index (χ0) is 12.7. The summed E-state index contributed by atoms with van der Waals surface area (Å²) in [5, 5.41) is 4.24. The van der Waals surface area contributed by atoms with Crippen molar-refractivity contribution in [3.8, 4) is 0 Å². The Hall–Kier alpha value is -1.19. The Balaban J connectivity index is 2.36. The second-order valence-electron chi connectivity index (χ2n) is 3.30. The summed E-state index contributed by atoms with van der Waals surface area (Å²) in [7, 11) is 1.33. The van der Waals surface area contributed by atoms with Gasteiger partial charge in [0.05, 0.1) is 7.11 Å². The van der Waals surface area contributed by atoms with Crippen LogP contribution in [-0.2, 0) is 16.0 Å². The molecule has 0 aliphatic heterocycles. The number of carbonyl (C=O) groups is 1. The Morgan fingerprint density at radius 1 is 1.47 bits per heavy atom. The molecule has 0 heterocycles. The normalized spacial score (nSPS) is 10.5. The molecule has 0 unspecified atom stereocenters. The maximum absolute atomic E-state index is 10.8. The van der Waals surface area contributed by atoms with Gasteiger partial charge in [-0.05, 0) is 24.1 Å². The van der Waals surface area contributed by atoms with Crippen molar-refractivity contribution in [3.05, 3.63) is 46.1 Å². The van der Waals surface area contributed by atoms with Crippen LogP contribution in [0.25, 0.3) is 0 Å². The van der Waals surface area contributed by atoms with Crippen molar-refractivity contribution in [2.75, 3.05) is 13.7 Å². The van der Waals surface area contributed by atoms with E-state index in [-0.39, 0.29) is 5.97 Å². The molecule has 0 atom stereocenters. The van der Waals surface area contributed by atoms with Crippen LogP contribution in [0.4, 0.5) is 0 Å². The van der Waals surface area contributed by atoms with Crippen LogP contribution < -0.4 is 5.32 Å². The first kappa shape index (κ1) is 13.9. The molecule has 1 aromatic carbocycles. The van der Waals surface area contributed by atoms with Gasteiger partial charge < -0.3 is 10.1 Å². The number of hydrogen-bond acceptors (Lipinski definition) is 3. The molecule has 0 spiro atoms. The molecule has 3 nitrogen and oxygen atoms in total. The van der Waals surface area contributed by atoms with Crippen LogP contribution in [-0.4, -0.2) is 19.6 Å². The van der Waals surface area contributed by atoms with E-state index in [4.69, 9.17) is 23.2 Å². The van der Waals surface area contributed by atoms with Crippen molar-refractivity contribution in [1.82, 2.24) is 5.32 Å². The van der Waals surface area contributed by atoms with E-state index in [1.165, 1.54) is 13.2 Å². The minimum atomic E-state index is -0.387. The fraction of sp³-hybridized carbons (Fsp3) is 0.250. The lowest BCUT2D eigenvalue weighted by Crippen LogP contribution is -2.11. The molecule has 0 radical (unpaired) electrons. The number of hydrogen-bond donors (Lipinski definition) is 1. The predicted octanol–water partition coefficient (Wildman–Crippen LogP) is 2.81. The number of esters is 1. The van der Waals surface area contributed by atoms with E-state index in [2.05, 4.69) is 10.1 Å². The SMILES string of the molecule is COC(=O)/C=C/NCCc1ccc(Cl)cc1Cl. The Kier molecular flexibility index (Phi) is 5.87. The molecule has 0 bridgehead atoms. The van der Waals surface area contributed by atoms with Gasteiger partial charge >= 0.3 is 5.97 Å². The highest BCUT2D eigenvalue weighted by molar-refractivity contribution is 6.35. The average molecular weight is 274 g/mol. The number of nitrogens with one attached hydrogen (secondary N) is 1. The van der Waals surface area contributed by atoms with Crippen LogP contribution in [0.1, 0.15) is 5.56 Å². The van der Waals surface area contributed by atoms with Crippen LogP contribution in [0.15, 0.2) is 30.5 Å². The molecule has 1 N–H and O–H groups in total. The highest BCUT2D eigenvalue weighted by Gasteiger charge is 2.00. The zero-order valence-electron chi connectivity index (χ0n) is 9.37. The molecule has 0 amide bonds. The first-order valence-electron chi connectivity index (χ1n) is 5.05. The molecule has 92 valence electrons. The lowest BCUT2D eigenvalue weighted by molar-refractivity contribution is -0.134. The topological polar surface area (TPSA) is 38.3 Å². The van der Waals surface area contributed by atoms with E-state index < -0.39 is 0 Å². The summed E-state index contributed by atoms with van der Waals surface area (Å²) in [5.74, 6) is -0.387. The zero-order valence-corrected chi connectivity index (χ0v) is 10.9. The van der Waals surface area contributed by atoms with Gasteiger partial charge in [-0.1, -0.05) is 29.3 Å². The number of halogens is 2. The Morgan fingerprint density at radius 2 is 2.24 bits per heavy atom. The molecule has 0 aliphatic rings. The van der Waals surface area contributed by atoms with Gasteiger partial charge in [-0.25, -0.2) is 4.79 Å². The largest absolute Gasteiger partial charge is 0.466 e. The van der Waals surface area contributed by atoms with Gasteiger partial charge in [-0.15, -0.1) is 0 Å². The molecule has 5 heteroatoms. The summed E-state index contributed by atoms with van der Waals surface area (Å²) in [5.41, 5.74) is 1.01. The third-order valence-electron chi connectivity index (χ3n) is 2.09. The number of ether oxygens (including phenoxy) is 1. The first-order valence-corrected chi connectivity index (χ1v) is 5.81.